The molecule has 1 aliphatic carbocycles. The average molecular weight is 448 g/mol. The van der Waals surface area contributed by atoms with E-state index in [0.29, 0.717) is 24.4 Å². The molecule has 0 saturated heterocycles. The number of nitrogens with one attached hydrogen (secondary N) is 1. The molecule has 33 heavy (non-hydrogen) atoms. The molecule has 0 radical (unpaired) electrons. The topological polar surface area (TPSA) is 67.5 Å². The molecule has 2 aromatic heterocycles. The van der Waals surface area contributed by atoms with Crippen LogP contribution in [0.5, 0.6) is 0 Å². The van der Waals surface area contributed by atoms with Crippen molar-refractivity contribution in [2.24, 2.45) is 0 Å². The maximum Gasteiger partial charge on any atom is 0.271 e. The first-order valence-corrected chi connectivity index (χ1v) is 12.4. The van der Waals surface area contributed by atoms with E-state index in [1.807, 2.05) is 47.0 Å². The second-order valence-electron chi connectivity index (χ2n) is 9.48. The summed E-state index contributed by atoms with van der Waals surface area (Å²) in [6.07, 6.45) is 10.4. The summed E-state index contributed by atoms with van der Waals surface area (Å²) >= 11 is 0. The first kappa shape index (κ1) is 21.8. The number of carbonyl (C=O) groups is 2. The van der Waals surface area contributed by atoms with Crippen LogP contribution >= 0.6 is 0 Å². The third-order valence-electron chi connectivity index (χ3n) is 7.35. The number of furan rings is 1. The predicted molar refractivity (Wildman–Crippen MR) is 128 cm³/mol. The van der Waals surface area contributed by atoms with E-state index in [9.17, 15) is 9.59 Å². The molecule has 6 heteroatoms. The van der Waals surface area contributed by atoms with Gasteiger partial charge in [-0.15, -0.1) is 0 Å². The highest BCUT2D eigenvalue weighted by molar-refractivity contribution is 6.03. The van der Waals surface area contributed by atoms with Crippen LogP contribution in [0.4, 0.5) is 0 Å². The Hall–Kier alpha value is -3.02. The molecule has 174 valence electrons. The van der Waals surface area contributed by atoms with Gasteiger partial charge in [0.25, 0.3) is 11.8 Å². The maximum atomic E-state index is 14.3. The lowest BCUT2D eigenvalue weighted by Gasteiger charge is -2.47. The SMILES string of the molecule is CCCN1C(=O)c2cc3occc3n2CC1(C(=O)NC1CCCCCCC1)c1ccccc1. The summed E-state index contributed by atoms with van der Waals surface area (Å²) < 4.78 is 7.57. The van der Waals surface area contributed by atoms with Gasteiger partial charge in [0.1, 0.15) is 5.69 Å². The molecule has 1 atom stereocenters. The van der Waals surface area contributed by atoms with Crippen LogP contribution in [0, 0.1) is 0 Å². The Kier molecular flexibility index (Phi) is 6.00. The molecule has 3 aromatic rings. The maximum absolute atomic E-state index is 14.3. The van der Waals surface area contributed by atoms with Crippen molar-refractivity contribution >= 4 is 22.9 Å². The van der Waals surface area contributed by atoms with Gasteiger partial charge in [-0.3, -0.25) is 9.59 Å². The lowest BCUT2D eigenvalue weighted by Crippen LogP contribution is -2.64. The van der Waals surface area contributed by atoms with E-state index in [0.717, 1.165) is 43.2 Å². The van der Waals surface area contributed by atoms with Gasteiger partial charge >= 0.3 is 0 Å². The van der Waals surface area contributed by atoms with E-state index in [-0.39, 0.29) is 17.9 Å². The third-order valence-corrected chi connectivity index (χ3v) is 7.35. The molecule has 1 N–H and O–H groups in total. The number of hydrogen-bond donors (Lipinski definition) is 1. The minimum absolute atomic E-state index is 0.0722. The van der Waals surface area contributed by atoms with E-state index in [1.54, 1.807) is 11.2 Å². The highest BCUT2D eigenvalue weighted by Gasteiger charge is 2.52. The summed E-state index contributed by atoms with van der Waals surface area (Å²) in [4.78, 5) is 29.9. The molecule has 5 rings (SSSR count). The second-order valence-corrected chi connectivity index (χ2v) is 9.48. The Morgan fingerprint density at radius 3 is 2.55 bits per heavy atom. The second kappa shape index (κ2) is 9.08. The van der Waals surface area contributed by atoms with Gasteiger partial charge in [0.05, 0.1) is 18.3 Å². The Morgan fingerprint density at radius 2 is 1.82 bits per heavy atom. The van der Waals surface area contributed by atoms with Crippen molar-refractivity contribution in [2.45, 2.75) is 76.4 Å². The molecular weight excluding hydrogens is 414 g/mol. The molecule has 1 aromatic carbocycles. The number of rotatable bonds is 5. The molecule has 2 aliphatic rings. The van der Waals surface area contributed by atoms with Crippen molar-refractivity contribution in [3.63, 3.8) is 0 Å². The highest BCUT2D eigenvalue weighted by Crippen LogP contribution is 2.39. The molecule has 1 fully saturated rings. The minimum Gasteiger partial charge on any atom is -0.463 e. The fourth-order valence-electron chi connectivity index (χ4n) is 5.66. The zero-order valence-corrected chi connectivity index (χ0v) is 19.4. The fraction of sp³-hybridized carbons (Fsp3) is 0.481. The lowest BCUT2D eigenvalue weighted by molar-refractivity contribution is -0.135. The molecule has 1 unspecified atom stereocenters. The standard InChI is InChI=1S/C27H33N3O3/c1-2-16-30-25(31)23-18-24-22(15-17-33-24)29(23)19-27(30,20-11-7-6-8-12-20)26(32)28-21-13-9-4-3-5-10-14-21/h6-8,11-12,15,17-18,21H,2-5,9-10,13-14,16,19H2,1H3,(H,28,32). The third kappa shape index (κ3) is 3.75. The summed E-state index contributed by atoms with van der Waals surface area (Å²) in [5.41, 5.74) is 1.87. The molecular formula is C27H33N3O3. The van der Waals surface area contributed by atoms with Crippen molar-refractivity contribution in [2.75, 3.05) is 6.54 Å². The van der Waals surface area contributed by atoms with Crippen LogP contribution in [0.15, 0.2) is 53.1 Å². The van der Waals surface area contributed by atoms with Gasteiger partial charge in [-0.25, -0.2) is 0 Å². The van der Waals surface area contributed by atoms with Crippen LogP contribution in [0.3, 0.4) is 0 Å². The summed E-state index contributed by atoms with van der Waals surface area (Å²) in [5, 5.41) is 3.40. The quantitative estimate of drug-likeness (QED) is 0.583. The fourth-order valence-corrected chi connectivity index (χ4v) is 5.66. The molecule has 0 bridgehead atoms. The minimum atomic E-state index is -1.10. The van der Waals surface area contributed by atoms with Crippen molar-refractivity contribution in [1.29, 1.82) is 0 Å². The van der Waals surface area contributed by atoms with E-state index >= 15 is 0 Å². The highest BCUT2D eigenvalue weighted by atomic mass is 16.3. The zero-order chi connectivity index (χ0) is 22.8. The molecule has 0 spiro atoms. The number of hydrogen-bond acceptors (Lipinski definition) is 3. The van der Waals surface area contributed by atoms with E-state index < -0.39 is 5.54 Å². The van der Waals surface area contributed by atoms with Crippen LogP contribution in [-0.4, -0.2) is 33.9 Å². The van der Waals surface area contributed by atoms with Crippen LogP contribution in [0.1, 0.15) is 74.3 Å². The van der Waals surface area contributed by atoms with Gasteiger partial charge < -0.3 is 19.2 Å². The number of benzene rings is 1. The number of fused-ring (bicyclic) bond motifs is 3. The Balaban J connectivity index is 1.61. The Morgan fingerprint density at radius 1 is 1.09 bits per heavy atom. The first-order valence-electron chi connectivity index (χ1n) is 12.4. The zero-order valence-electron chi connectivity index (χ0n) is 19.4. The number of aromatic nitrogens is 1. The van der Waals surface area contributed by atoms with Crippen molar-refractivity contribution in [3.8, 4) is 0 Å². The molecule has 1 saturated carbocycles. The smallest absolute Gasteiger partial charge is 0.271 e. The number of nitrogens with zero attached hydrogens (tertiary/aromatic N) is 2. The summed E-state index contributed by atoms with van der Waals surface area (Å²) in [5.74, 6) is -0.191. The number of amides is 2. The normalized spacial score (nSPS) is 22.1. The van der Waals surface area contributed by atoms with Crippen LogP contribution < -0.4 is 5.32 Å². The van der Waals surface area contributed by atoms with Gasteiger partial charge in [-0.1, -0.05) is 69.4 Å². The molecule has 1 aliphatic heterocycles. The molecule has 6 nitrogen and oxygen atoms in total. The predicted octanol–water partition coefficient (Wildman–Crippen LogP) is 5.22. The monoisotopic (exact) mass is 447 g/mol. The molecule has 2 amide bonds. The van der Waals surface area contributed by atoms with E-state index in [1.165, 1.54) is 19.3 Å². The van der Waals surface area contributed by atoms with Gasteiger partial charge in [0, 0.05) is 24.7 Å². The molecule has 3 heterocycles. The van der Waals surface area contributed by atoms with E-state index in [4.69, 9.17) is 4.42 Å². The Labute approximate surface area is 194 Å². The van der Waals surface area contributed by atoms with Gasteiger partial charge in [-0.2, -0.15) is 0 Å². The van der Waals surface area contributed by atoms with Gasteiger partial charge in [-0.05, 0) is 24.8 Å². The average Bonchev–Trinajstić information content (AvgIpc) is 3.40. The van der Waals surface area contributed by atoms with Crippen molar-refractivity contribution in [1.82, 2.24) is 14.8 Å². The van der Waals surface area contributed by atoms with Gasteiger partial charge in [0.15, 0.2) is 11.1 Å². The van der Waals surface area contributed by atoms with E-state index in [2.05, 4.69) is 12.2 Å². The van der Waals surface area contributed by atoms with Crippen LogP contribution in [0.25, 0.3) is 11.1 Å². The summed E-state index contributed by atoms with van der Waals surface area (Å²) in [7, 11) is 0. The van der Waals surface area contributed by atoms with Crippen LogP contribution in [0.2, 0.25) is 0 Å². The lowest BCUT2D eigenvalue weighted by atomic mass is 9.83. The summed E-state index contributed by atoms with van der Waals surface area (Å²) in [6.45, 7) is 2.94. The van der Waals surface area contributed by atoms with Crippen LogP contribution in [-0.2, 0) is 16.9 Å². The first-order chi connectivity index (χ1) is 16.1. The largest absolute Gasteiger partial charge is 0.463 e. The van der Waals surface area contributed by atoms with Gasteiger partial charge in [0.2, 0.25) is 0 Å². The Bertz CT molecular complexity index is 1120. The number of carbonyl (C=O) groups excluding carboxylic acids is 2. The van der Waals surface area contributed by atoms with Crippen molar-refractivity contribution in [3.05, 3.63) is 60.0 Å². The van der Waals surface area contributed by atoms with Crippen molar-refractivity contribution < 1.29 is 14.0 Å². The summed E-state index contributed by atoms with van der Waals surface area (Å²) in [6, 6.07) is 13.7.